The summed E-state index contributed by atoms with van der Waals surface area (Å²) in [6.45, 7) is 0. The highest BCUT2D eigenvalue weighted by molar-refractivity contribution is 7.22. The number of hydrogen-bond acceptors (Lipinski definition) is 7. The second-order valence-electron chi connectivity index (χ2n) is 7.70. The fourth-order valence-corrected chi connectivity index (χ4v) is 4.84. The number of rotatable bonds is 6. The predicted molar refractivity (Wildman–Crippen MR) is 124 cm³/mol. The van der Waals surface area contributed by atoms with E-state index in [0.717, 1.165) is 38.1 Å². The molecule has 0 amide bonds. The van der Waals surface area contributed by atoms with Gasteiger partial charge in [-0.25, -0.2) is 9.97 Å². The number of benzene rings is 1. The lowest BCUT2D eigenvalue weighted by Crippen LogP contribution is -2.21. The van der Waals surface area contributed by atoms with E-state index in [1.54, 1.807) is 30.8 Å². The Labute approximate surface area is 185 Å². The topological polar surface area (TPSA) is 69.2 Å². The summed E-state index contributed by atoms with van der Waals surface area (Å²) < 4.78 is 12.4. The molecule has 0 radical (unpaired) electrons. The smallest absolute Gasteiger partial charge is 0.212 e. The third-order valence-corrected chi connectivity index (χ3v) is 6.45. The van der Waals surface area contributed by atoms with Crippen LogP contribution in [-0.2, 0) is 0 Å². The van der Waals surface area contributed by atoms with Crippen molar-refractivity contribution < 1.29 is 9.47 Å². The highest BCUT2D eigenvalue weighted by atomic mass is 32.1. The van der Waals surface area contributed by atoms with Crippen LogP contribution in [0.5, 0.6) is 17.4 Å². The lowest BCUT2D eigenvalue weighted by atomic mass is 9.96. The molecule has 5 rings (SSSR count). The van der Waals surface area contributed by atoms with Gasteiger partial charge in [-0.3, -0.25) is 4.98 Å². The fraction of sp³-hybridized carbons (Fsp3) is 0.292. The van der Waals surface area contributed by atoms with Crippen molar-refractivity contribution in [3.8, 4) is 28.6 Å². The van der Waals surface area contributed by atoms with E-state index in [2.05, 4.69) is 15.3 Å². The molecule has 0 aliphatic heterocycles. The molecule has 3 aromatic heterocycles. The van der Waals surface area contributed by atoms with Crippen LogP contribution in [0.1, 0.15) is 32.1 Å². The Hall–Kier alpha value is -3.19. The number of pyridine rings is 2. The molecular formula is C24H24N4O2S. The summed E-state index contributed by atoms with van der Waals surface area (Å²) >= 11 is 1.68. The number of fused-ring (bicyclic) bond motifs is 1. The first-order valence-corrected chi connectivity index (χ1v) is 11.4. The van der Waals surface area contributed by atoms with Crippen molar-refractivity contribution in [2.75, 3.05) is 12.4 Å². The summed E-state index contributed by atoms with van der Waals surface area (Å²) in [4.78, 5) is 13.4. The Bertz CT molecular complexity index is 1170. The van der Waals surface area contributed by atoms with Gasteiger partial charge in [0.15, 0.2) is 5.13 Å². The van der Waals surface area contributed by atoms with E-state index in [1.807, 2.05) is 42.5 Å². The molecule has 1 N–H and O–H groups in total. The first kappa shape index (κ1) is 19.8. The number of nitrogens with one attached hydrogen (secondary N) is 1. The number of methoxy groups -OCH3 is 1. The Morgan fingerprint density at radius 3 is 2.65 bits per heavy atom. The maximum Gasteiger partial charge on any atom is 0.212 e. The SMILES string of the molecule is COc1ccc(-c2cc(Oc3ccc4nc(NC5CCCCC5)sc4c3)ccn2)cn1. The van der Waals surface area contributed by atoms with Crippen LogP contribution >= 0.6 is 11.3 Å². The minimum Gasteiger partial charge on any atom is -0.481 e. The second-order valence-corrected chi connectivity index (χ2v) is 8.73. The summed E-state index contributed by atoms with van der Waals surface area (Å²) in [5.74, 6) is 2.09. The molecule has 3 heterocycles. The van der Waals surface area contributed by atoms with Crippen molar-refractivity contribution in [3.05, 3.63) is 54.9 Å². The molecule has 0 atom stereocenters. The van der Waals surface area contributed by atoms with Gasteiger partial charge >= 0.3 is 0 Å². The molecule has 1 aliphatic rings. The minimum absolute atomic E-state index is 0.549. The largest absolute Gasteiger partial charge is 0.481 e. The number of anilines is 1. The van der Waals surface area contributed by atoms with Gasteiger partial charge in [-0.1, -0.05) is 30.6 Å². The van der Waals surface area contributed by atoms with Gasteiger partial charge in [0.05, 0.1) is 23.0 Å². The van der Waals surface area contributed by atoms with Gasteiger partial charge in [-0.15, -0.1) is 0 Å². The molecule has 1 aliphatic carbocycles. The van der Waals surface area contributed by atoms with Crippen molar-refractivity contribution in [2.24, 2.45) is 0 Å². The van der Waals surface area contributed by atoms with Gasteiger partial charge in [0.2, 0.25) is 5.88 Å². The molecule has 0 unspecified atom stereocenters. The first-order valence-electron chi connectivity index (χ1n) is 10.6. The van der Waals surface area contributed by atoms with Gasteiger partial charge in [0.1, 0.15) is 11.5 Å². The van der Waals surface area contributed by atoms with Crippen LogP contribution < -0.4 is 14.8 Å². The van der Waals surface area contributed by atoms with Gasteiger partial charge in [-0.2, -0.15) is 0 Å². The lowest BCUT2D eigenvalue weighted by molar-refractivity contribution is 0.398. The molecule has 7 heteroatoms. The van der Waals surface area contributed by atoms with E-state index in [0.29, 0.717) is 11.9 Å². The summed E-state index contributed by atoms with van der Waals surface area (Å²) in [7, 11) is 1.60. The van der Waals surface area contributed by atoms with Crippen LogP contribution in [0, 0.1) is 0 Å². The van der Waals surface area contributed by atoms with E-state index in [9.17, 15) is 0 Å². The van der Waals surface area contributed by atoms with E-state index >= 15 is 0 Å². The monoisotopic (exact) mass is 432 g/mol. The zero-order valence-electron chi connectivity index (χ0n) is 17.4. The average Bonchev–Trinajstić information content (AvgIpc) is 3.21. The molecule has 4 aromatic rings. The molecule has 158 valence electrons. The molecule has 31 heavy (non-hydrogen) atoms. The van der Waals surface area contributed by atoms with Crippen LogP contribution in [-0.4, -0.2) is 28.1 Å². The molecule has 0 spiro atoms. The Morgan fingerprint density at radius 1 is 0.968 bits per heavy atom. The van der Waals surface area contributed by atoms with Crippen molar-refractivity contribution in [3.63, 3.8) is 0 Å². The van der Waals surface area contributed by atoms with Crippen molar-refractivity contribution in [1.29, 1.82) is 0 Å². The quantitative estimate of drug-likeness (QED) is 0.386. The summed E-state index contributed by atoms with van der Waals surface area (Å²) in [6.07, 6.45) is 9.92. The van der Waals surface area contributed by atoms with Gasteiger partial charge in [-0.05, 0) is 37.1 Å². The Morgan fingerprint density at radius 2 is 1.84 bits per heavy atom. The zero-order chi connectivity index (χ0) is 21.0. The number of ether oxygens (including phenoxy) is 2. The third kappa shape index (κ3) is 4.61. The second kappa shape index (κ2) is 8.89. The number of nitrogens with zero attached hydrogens (tertiary/aromatic N) is 3. The molecule has 0 bridgehead atoms. The molecule has 1 saturated carbocycles. The highest BCUT2D eigenvalue weighted by Crippen LogP contribution is 2.33. The fourth-order valence-electron chi connectivity index (χ4n) is 3.87. The van der Waals surface area contributed by atoms with Crippen LogP contribution in [0.3, 0.4) is 0 Å². The van der Waals surface area contributed by atoms with Crippen LogP contribution in [0.4, 0.5) is 5.13 Å². The molecule has 6 nitrogen and oxygen atoms in total. The molecule has 0 saturated heterocycles. The third-order valence-electron chi connectivity index (χ3n) is 5.50. The summed E-state index contributed by atoms with van der Waals surface area (Å²) in [5, 5.41) is 4.61. The van der Waals surface area contributed by atoms with E-state index in [1.165, 1.54) is 32.1 Å². The molecule has 1 aromatic carbocycles. The van der Waals surface area contributed by atoms with Gasteiger partial charge < -0.3 is 14.8 Å². The molecule has 1 fully saturated rings. The van der Waals surface area contributed by atoms with E-state index in [-0.39, 0.29) is 0 Å². The van der Waals surface area contributed by atoms with Crippen molar-refractivity contribution in [1.82, 2.24) is 15.0 Å². The number of aromatic nitrogens is 3. The minimum atomic E-state index is 0.549. The van der Waals surface area contributed by atoms with E-state index in [4.69, 9.17) is 14.5 Å². The Balaban J connectivity index is 1.32. The maximum atomic E-state index is 6.13. The van der Waals surface area contributed by atoms with Crippen LogP contribution in [0.2, 0.25) is 0 Å². The average molecular weight is 433 g/mol. The van der Waals surface area contributed by atoms with Crippen LogP contribution in [0.15, 0.2) is 54.9 Å². The van der Waals surface area contributed by atoms with Gasteiger partial charge in [0.25, 0.3) is 0 Å². The predicted octanol–water partition coefficient (Wildman–Crippen LogP) is 6.30. The lowest BCUT2D eigenvalue weighted by Gasteiger charge is -2.22. The van der Waals surface area contributed by atoms with Crippen LogP contribution in [0.25, 0.3) is 21.5 Å². The zero-order valence-corrected chi connectivity index (χ0v) is 18.2. The maximum absolute atomic E-state index is 6.13. The normalized spacial score (nSPS) is 14.5. The summed E-state index contributed by atoms with van der Waals surface area (Å²) in [6, 6.07) is 14.1. The first-order chi connectivity index (χ1) is 15.3. The Kier molecular flexibility index (Phi) is 5.67. The number of hydrogen-bond donors (Lipinski definition) is 1. The standard InChI is InChI=1S/C24H24N4O2S/c1-29-23-10-7-16(15-26-23)21-13-19(11-12-25-21)30-18-8-9-20-22(14-18)31-24(28-20)27-17-5-3-2-4-6-17/h7-15,17H,2-6H2,1H3,(H,27,28). The summed E-state index contributed by atoms with van der Waals surface area (Å²) in [5.41, 5.74) is 2.70. The van der Waals surface area contributed by atoms with Crippen molar-refractivity contribution in [2.45, 2.75) is 38.1 Å². The highest BCUT2D eigenvalue weighted by Gasteiger charge is 2.15. The van der Waals surface area contributed by atoms with Crippen molar-refractivity contribution >= 4 is 26.7 Å². The van der Waals surface area contributed by atoms with Gasteiger partial charge in [0, 0.05) is 42.2 Å². The van der Waals surface area contributed by atoms with E-state index < -0.39 is 0 Å². The number of thiazole rings is 1. The molecular weight excluding hydrogens is 408 g/mol.